The number of fused-ring (bicyclic) bond motifs is 2. The van der Waals surface area contributed by atoms with E-state index >= 15 is 0 Å². The average molecular weight is 456 g/mol. The third-order valence-corrected chi connectivity index (χ3v) is 8.35. The number of carbonyl (C=O) groups is 2. The zero-order chi connectivity index (χ0) is 21.8. The topological polar surface area (TPSA) is 43.9 Å². The first kappa shape index (κ1) is 20.9. The van der Waals surface area contributed by atoms with Crippen LogP contribution in [0.2, 0.25) is 5.02 Å². The number of carbonyl (C=O) groups excluding carboxylic acids is 2. The summed E-state index contributed by atoms with van der Waals surface area (Å²) < 4.78 is 0. The Hall–Kier alpha value is -2.02. The Kier molecular flexibility index (Phi) is 5.27. The molecule has 0 N–H and O–H groups in total. The Morgan fingerprint density at radius 3 is 2.42 bits per heavy atom. The minimum absolute atomic E-state index is 0.0371. The predicted molar refractivity (Wildman–Crippen MR) is 126 cm³/mol. The van der Waals surface area contributed by atoms with Crippen molar-refractivity contribution in [3.05, 3.63) is 59.1 Å². The number of rotatable bonds is 3. The number of hydrogen-bond acceptors (Lipinski definition) is 4. The van der Waals surface area contributed by atoms with Gasteiger partial charge in [-0.15, -0.1) is 11.8 Å². The summed E-state index contributed by atoms with van der Waals surface area (Å²) in [4.78, 5) is 32.3. The maximum atomic E-state index is 14.1. The summed E-state index contributed by atoms with van der Waals surface area (Å²) in [6.45, 7) is 6.71. The molecule has 2 unspecified atom stereocenters. The van der Waals surface area contributed by atoms with Crippen LogP contribution >= 0.6 is 23.4 Å². The standard InChI is InChI=1S/C24H26ClN3O2S/c1-16-11-13-26(14-12-16)15-27-21-6-4-3-5-20(21)24(23(27)30)28(22(29)17(2)31-24)19-9-7-18(25)8-10-19/h3-10,16-17H,11-15H2,1-2H3. The van der Waals surface area contributed by atoms with Crippen LogP contribution in [0.1, 0.15) is 32.3 Å². The number of para-hydroxylation sites is 1. The molecule has 2 fully saturated rings. The van der Waals surface area contributed by atoms with E-state index in [9.17, 15) is 9.59 Å². The summed E-state index contributed by atoms with van der Waals surface area (Å²) in [6.07, 6.45) is 2.30. The predicted octanol–water partition coefficient (Wildman–Crippen LogP) is 4.70. The molecule has 2 atom stereocenters. The SMILES string of the molecule is CC1CCN(CN2C(=O)C3(SC(C)C(=O)N3c3ccc(Cl)cc3)c3ccccc32)CC1. The quantitative estimate of drug-likeness (QED) is 0.673. The lowest BCUT2D eigenvalue weighted by molar-refractivity contribution is -0.124. The van der Waals surface area contributed by atoms with Crippen LogP contribution in [0, 0.1) is 5.92 Å². The fourth-order valence-electron chi connectivity index (χ4n) is 4.87. The zero-order valence-electron chi connectivity index (χ0n) is 17.8. The minimum atomic E-state index is -1.08. The number of anilines is 2. The molecule has 2 aromatic rings. The van der Waals surface area contributed by atoms with Crippen LogP contribution in [0.4, 0.5) is 11.4 Å². The second-order valence-electron chi connectivity index (χ2n) is 8.75. The molecule has 2 amide bonds. The van der Waals surface area contributed by atoms with Crippen molar-refractivity contribution in [1.29, 1.82) is 0 Å². The fraction of sp³-hybridized carbons (Fsp3) is 0.417. The van der Waals surface area contributed by atoms with E-state index in [2.05, 4.69) is 11.8 Å². The van der Waals surface area contributed by atoms with Gasteiger partial charge in [0.05, 0.1) is 17.6 Å². The molecule has 0 saturated carbocycles. The average Bonchev–Trinajstić information content (AvgIpc) is 3.17. The number of halogens is 1. The van der Waals surface area contributed by atoms with E-state index in [1.807, 2.05) is 48.2 Å². The summed E-state index contributed by atoms with van der Waals surface area (Å²) in [6, 6.07) is 15.1. The van der Waals surface area contributed by atoms with Crippen molar-refractivity contribution in [2.75, 3.05) is 29.6 Å². The Labute approximate surface area is 192 Å². The molecule has 162 valence electrons. The van der Waals surface area contributed by atoms with Gasteiger partial charge in [-0.25, -0.2) is 0 Å². The first-order chi connectivity index (χ1) is 14.9. The molecule has 7 heteroatoms. The van der Waals surface area contributed by atoms with E-state index in [-0.39, 0.29) is 17.1 Å². The van der Waals surface area contributed by atoms with E-state index in [0.717, 1.165) is 43.1 Å². The van der Waals surface area contributed by atoms with Crippen molar-refractivity contribution in [3.63, 3.8) is 0 Å². The number of likely N-dealkylation sites (tertiary alicyclic amines) is 1. The van der Waals surface area contributed by atoms with Gasteiger partial charge in [0.2, 0.25) is 10.8 Å². The number of thioether (sulfide) groups is 1. The van der Waals surface area contributed by atoms with Crippen molar-refractivity contribution in [2.45, 2.75) is 36.8 Å². The largest absolute Gasteiger partial charge is 0.295 e. The normalized spacial score (nSPS) is 26.9. The van der Waals surface area contributed by atoms with Gasteiger partial charge in [0.25, 0.3) is 5.91 Å². The lowest BCUT2D eigenvalue weighted by atomic mass is 10.00. The second-order valence-corrected chi connectivity index (χ2v) is 10.7. The van der Waals surface area contributed by atoms with Gasteiger partial charge in [0, 0.05) is 29.4 Å². The number of amides is 2. The lowest BCUT2D eigenvalue weighted by Gasteiger charge is -2.35. The Bertz CT molecular complexity index is 1020. The lowest BCUT2D eigenvalue weighted by Crippen LogP contribution is -2.52. The van der Waals surface area contributed by atoms with E-state index in [1.54, 1.807) is 17.0 Å². The van der Waals surface area contributed by atoms with Gasteiger partial charge in [0.1, 0.15) is 0 Å². The van der Waals surface area contributed by atoms with Crippen LogP contribution in [0.3, 0.4) is 0 Å². The summed E-state index contributed by atoms with van der Waals surface area (Å²) >= 11 is 7.54. The van der Waals surface area contributed by atoms with Gasteiger partial charge >= 0.3 is 0 Å². The van der Waals surface area contributed by atoms with Crippen molar-refractivity contribution in [2.24, 2.45) is 5.92 Å². The van der Waals surface area contributed by atoms with Crippen LogP contribution in [-0.4, -0.2) is 41.7 Å². The molecule has 1 spiro atoms. The van der Waals surface area contributed by atoms with Gasteiger partial charge in [-0.3, -0.25) is 24.3 Å². The van der Waals surface area contributed by atoms with Crippen LogP contribution in [0.5, 0.6) is 0 Å². The highest BCUT2D eigenvalue weighted by Gasteiger charge is 2.63. The van der Waals surface area contributed by atoms with Gasteiger partial charge in [-0.1, -0.05) is 36.7 Å². The van der Waals surface area contributed by atoms with Gasteiger partial charge in [-0.2, -0.15) is 0 Å². The molecule has 5 rings (SSSR count). The first-order valence-corrected chi connectivity index (χ1v) is 12.1. The maximum absolute atomic E-state index is 14.1. The molecule has 0 radical (unpaired) electrons. The molecular weight excluding hydrogens is 430 g/mol. The number of nitrogens with zero attached hydrogens (tertiary/aromatic N) is 3. The van der Waals surface area contributed by atoms with Gasteiger partial charge in [0.15, 0.2) is 0 Å². The highest BCUT2D eigenvalue weighted by molar-refractivity contribution is 8.03. The van der Waals surface area contributed by atoms with Crippen LogP contribution in [0.15, 0.2) is 48.5 Å². The van der Waals surface area contributed by atoms with Crippen molar-refractivity contribution in [3.8, 4) is 0 Å². The second kappa shape index (κ2) is 7.84. The number of piperidine rings is 1. The van der Waals surface area contributed by atoms with Crippen LogP contribution < -0.4 is 9.80 Å². The third kappa shape index (κ3) is 3.27. The Morgan fingerprint density at radius 1 is 1.03 bits per heavy atom. The molecular formula is C24H26ClN3O2S. The molecule has 5 nitrogen and oxygen atoms in total. The molecule has 2 aromatic carbocycles. The molecule has 0 aliphatic carbocycles. The van der Waals surface area contributed by atoms with Gasteiger partial charge < -0.3 is 0 Å². The number of benzene rings is 2. The van der Waals surface area contributed by atoms with Crippen molar-refractivity contribution in [1.82, 2.24) is 4.90 Å². The molecule has 0 bridgehead atoms. The maximum Gasteiger partial charge on any atom is 0.269 e. The van der Waals surface area contributed by atoms with Crippen LogP contribution in [-0.2, 0) is 14.5 Å². The molecule has 3 aliphatic rings. The van der Waals surface area contributed by atoms with E-state index in [1.165, 1.54) is 11.8 Å². The summed E-state index contributed by atoms with van der Waals surface area (Å²) in [5.74, 6) is 0.641. The van der Waals surface area contributed by atoms with E-state index in [0.29, 0.717) is 17.4 Å². The first-order valence-electron chi connectivity index (χ1n) is 10.8. The van der Waals surface area contributed by atoms with E-state index < -0.39 is 4.87 Å². The minimum Gasteiger partial charge on any atom is -0.295 e. The van der Waals surface area contributed by atoms with Gasteiger partial charge in [-0.05, 0) is 56.0 Å². The summed E-state index contributed by atoms with van der Waals surface area (Å²) in [7, 11) is 0. The number of hydrogen-bond donors (Lipinski definition) is 0. The summed E-state index contributed by atoms with van der Waals surface area (Å²) in [5.41, 5.74) is 2.49. The monoisotopic (exact) mass is 455 g/mol. The molecule has 0 aromatic heterocycles. The molecule has 3 heterocycles. The van der Waals surface area contributed by atoms with Crippen molar-refractivity contribution < 1.29 is 9.59 Å². The fourth-order valence-corrected chi connectivity index (χ4v) is 6.53. The third-order valence-electron chi connectivity index (χ3n) is 6.63. The molecule has 31 heavy (non-hydrogen) atoms. The molecule has 2 saturated heterocycles. The Morgan fingerprint density at radius 2 is 1.71 bits per heavy atom. The summed E-state index contributed by atoms with van der Waals surface area (Å²) in [5, 5.41) is 0.285. The zero-order valence-corrected chi connectivity index (χ0v) is 19.3. The Balaban J connectivity index is 1.58. The smallest absolute Gasteiger partial charge is 0.269 e. The highest BCUT2D eigenvalue weighted by Crippen LogP contribution is 2.57. The van der Waals surface area contributed by atoms with E-state index in [4.69, 9.17) is 11.6 Å². The van der Waals surface area contributed by atoms with Crippen LogP contribution in [0.25, 0.3) is 0 Å². The highest BCUT2D eigenvalue weighted by atomic mass is 35.5. The van der Waals surface area contributed by atoms with Crippen molar-refractivity contribution >= 4 is 46.6 Å². The molecule has 3 aliphatic heterocycles.